The van der Waals surface area contributed by atoms with Crippen LogP contribution in [-0.4, -0.2) is 140 Å². The van der Waals surface area contributed by atoms with Crippen LogP contribution in [0.5, 0.6) is 0 Å². The number of rotatable bonds is 28. The van der Waals surface area contributed by atoms with E-state index in [1.807, 2.05) is 30.5 Å². The summed E-state index contributed by atoms with van der Waals surface area (Å²) in [6, 6.07) is 6.95. The standard InChI is InChI=1S/C60H94BN5O11/c1-37(2)11-10-12-38(3)45-17-18-46-44-16-15-41-32-42(21-24-59(41,5)47(44)22-25-60(45,46)6)76-55(71)20-19-52(68)63-28-30-66(29-27-61-26-23-53(69)65-34-51-39(4)56(72)57(73)58(74-7)77-51)54(70)36-75-35-50(67)48(62)31-40-33-64-49-14-9-8-13-43(40)49/h8-9,13-15,33,37-39,42,44-48,51,56-58,61,64,72-73H,10-12,16-32,34-36,62H2,1-7H3,(H,63,68)(H,65,69)/t38-,39-,42?,44+,45-,46+,47+,48-,51?,56-,57-,58?,59+,60-/m0/s1. The van der Waals surface area contributed by atoms with Crippen molar-refractivity contribution in [2.45, 2.75) is 187 Å². The second-order valence-corrected chi connectivity index (χ2v) is 24.7. The minimum atomic E-state index is -1.19. The van der Waals surface area contributed by atoms with Gasteiger partial charge in [0.25, 0.3) is 0 Å². The lowest BCUT2D eigenvalue weighted by molar-refractivity contribution is -0.274. The second-order valence-electron chi connectivity index (χ2n) is 24.7. The van der Waals surface area contributed by atoms with Gasteiger partial charge in [0.05, 0.1) is 24.7 Å². The highest BCUT2D eigenvalue weighted by Gasteiger charge is 2.59. The summed E-state index contributed by atoms with van der Waals surface area (Å²) >= 11 is 0. The quantitative estimate of drug-likeness (QED) is 0.0223. The van der Waals surface area contributed by atoms with Crippen LogP contribution in [0.2, 0.25) is 12.6 Å². The largest absolute Gasteiger partial charge is 0.462 e. The predicted octanol–water partition coefficient (Wildman–Crippen LogP) is 6.81. The maximum atomic E-state index is 13.6. The number of hydrogen-bond acceptors (Lipinski definition) is 12. The second kappa shape index (κ2) is 27.8. The number of nitrogens with one attached hydrogen (secondary N) is 3. The van der Waals surface area contributed by atoms with Gasteiger partial charge in [-0.05, 0) is 109 Å². The molecule has 14 atom stereocenters. The summed E-state index contributed by atoms with van der Waals surface area (Å²) in [5.74, 6) is 2.60. The van der Waals surface area contributed by atoms with Crippen LogP contribution in [0.3, 0.4) is 0 Å². The SMILES string of the molecule is COC1OC(CNC(=O)CCBCCN(CCNC(=O)CCC(=O)OC2CC[C@]3(C)C(=CC[C@@H]4[C@H]5CC[C@@H]([C@@H](C)CCCC(C)C)[C@]5(C)CC[C@H]43)C2)C(=O)COCC(=O)[C@@H](N)Cc2c[nH]c3ccccc23)[C@H](C)[C@H](O)[C@@H]1O. The number of H-pyrrole nitrogens is 1. The molecule has 4 fully saturated rings. The number of Topliss-reactive ketones (excluding diaryl/α,β-unsaturated/α-hetero) is 1. The molecule has 0 radical (unpaired) electrons. The topological polar surface area (TPSA) is 232 Å². The Kier molecular flexibility index (Phi) is 21.9. The van der Waals surface area contributed by atoms with Gasteiger partial charge in [-0.25, -0.2) is 0 Å². The van der Waals surface area contributed by atoms with Crippen LogP contribution in [0, 0.1) is 52.3 Å². The molecule has 77 heavy (non-hydrogen) atoms. The fourth-order valence-corrected chi connectivity index (χ4v) is 14.6. The van der Waals surface area contributed by atoms with Gasteiger partial charge in [-0.1, -0.05) is 103 Å². The number of nitrogens with zero attached hydrogens (tertiary/aromatic N) is 1. The van der Waals surface area contributed by atoms with E-state index in [0.29, 0.717) is 44.2 Å². The molecule has 1 saturated heterocycles. The number of benzene rings is 1. The number of nitrogens with two attached hydrogens (primary N) is 1. The van der Waals surface area contributed by atoms with Crippen LogP contribution in [0.4, 0.5) is 0 Å². The van der Waals surface area contributed by atoms with Crippen molar-refractivity contribution in [3.8, 4) is 0 Å². The molecule has 1 aromatic carbocycles. The Morgan fingerprint density at radius 1 is 0.922 bits per heavy atom. The first-order valence-electron chi connectivity index (χ1n) is 29.5. The number of allylic oxidation sites excluding steroid dienone is 1. The maximum Gasteiger partial charge on any atom is 0.306 e. The number of methoxy groups -OCH3 is 1. The molecule has 4 aliphatic carbocycles. The van der Waals surface area contributed by atoms with Gasteiger partial charge < -0.3 is 55.4 Å². The number of aromatic amines is 1. The van der Waals surface area contributed by atoms with E-state index in [1.54, 1.807) is 11.8 Å². The molecule has 0 bridgehead atoms. The van der Waals surface area contributed by atoms with Crippen LogP contribution in [-0.2, 0) is 49.3 Å². The average Bonchev–Trinajstić information content (AvgIpc) is 3.99. The lowest BCUT2D eigenvalue weighted by Crippen LogP contribution is -2.56. The number of para-hydroxylation sites is 1. The van der Waals surface area contributed by atoms with Crippen molar-refractivity contribution < 1.29 is 53.1 Å². The highest BCUT2D eigenvalue weighted by molar-refractivity contribution is 6.36. The minimum Gasteiger partial charge on any atom is -0.462 e. The molecule has 428 valence electrons. The lowest BCUT2D eigenvalue weighted by Gasteiger charge is -2.58. The number of hydrogen-bond donors (Lipinski definition) is 6. The van der Waals surface area contributed by atoms with Crippen LogP contribution < -0.4 is 16.4 Å². The Labute approximate surface area is 459 Å². The first kappa shape index (κ1) is 60.5. The Morgan fingerprint density at radius 2 is 1.70 bits per heavy atom. The van der Waals surface area contributed by atoms with Gasteiger partial charge in [-0.15, -0.1) is 0 Å². The number of aliphatic hydroxyl groups is 2. The van der Waals surface area contributed by atoms with Crippen molar-refractivity contribution >= 4 is 47.7 Å². The van der Waals surface area contributed by atoms with E-state index in [4.69, 9.17) is 24.7 Å². The fourth-order valence-electron chi connectivity index (χ4n) is 14.6. The van der Waals surface area contributed by atoms with Crippen LogP contribution in [0.15, 0.2) is 42.1 Å². The van der Waals surface area contributed by atoms with Gasteiger partial charge in [0.15, 0.2) is 12.1 Å². The van der Waals surface area contributed by atoms with Crippen LogP contribution in [0.1, 0.15) is 137 Å². The van der Waals surface area contributed by atoms with Gasteiger partial charge in [0.2, 0.25) is 17.7 Å². The van der Waals surface area contributed by atoms with Crippen LogP contribution >= 0.6 is 0 Å². The molecule has 7 rings (SSSR count). The number of carbonyl (C=O) groups excluding carboxylic acids is 5. The maximum absolute atomic E-state index is 13.6. The van der Waals surface area contributed by atoms with E-state index in [0.717, 1.165) is 71.7 Å². The summed E-state index contributed by atoms with van der Waals surface area (Å²) in [6.45, 7) is 14.2. The fraction of sp³-hybridized carbons (Fsp3) is 0.750. The van der Waals surface area contributed by atoms with E-state index in [-0.39, 0.29) is 93.1 Å². The van der Waals surface area contributed by atoms with E-state index < -0.39 is 36.6 Å². The number of fused-ring (bicyclic) bond motifs is 6. The molecule has 5 aliphatic rings. The van der Waals surface area contributed by atoms with E-state index in [2.05, 4.69) is 56.3 Å². The van der Waals surface area contributed by atoms with Crippen molar-refractivity contribution in [2.75, 3.05) is 46.5 Å². The molecule has 7 N–H and O–H groups in total. The third-order valence-electron chi connectivity index (χ3n) is 19.3. The summed E-state index contributed by atoms with van der Waals surface area (Å²) in [5, 5.41) is 27.3. The van der Waals surface area contributed by atoms with E-state index in [1.165, 1.54) is 57.6 Å². The molecule has 3 amide bonds. The zero-order valence-electron chi connectivity index (χ0n) is 47.5. The Morgan fingerprint density at radius 3 is 2.48 bits per heavy atom. The first-order valence-corrected chi connectivity index (χ1v) is 29.5. The summed E-state index contributed by atoms with van der Waals surface area (Å²) in [7, 11) is 2.00. The molecule has 16 nitrogen and oxygen atoms in total. The highest BCUT2D eigenvalue weighted by atomic mass is 16.7. The van der Waals surface area contributed by atoms with Crippen molar-refractivity contribution in [3.05, 3.63) is 47.7 Å². The molecular weight excluding hydrogens is 977 g/mol. The van der Waals surface area contributed by atoms with Crippen molar-refractivity contribution in [3.63, 3.8) is 0 Å². The van der Waals surface area contributed by atoms with Gasteiger partial charge in [0.1, 0.15) is 32.7 Å². The molecule has 0 spiro atoms. The summed E-state index contributed by atoms with van der Waals surface area (Å²) in [4.78, 5) is 70.4. The van der Waals surface area contributed by atoms with Gasteiger partial charge in [-0.3, -0.25) is 24.0 Å². The molecule has 1 aromatic heterocycles. The first-order chi connectivity index (χ1) is 36.8. The van der Waals surface area contributed by atoms with E-state index in [9.17, 15) is 34.2 Å². The summed E-state index contributed by atoms with van der Waals surface area (Å²) < 4.78 is 22.6. The lowest BCUT2D eigenvalue weighted by atomic mass is 9.47. The molecule has 3 unspecified atom stereocenters. The zero-order valence-corrected chi connectivity index (χ0v) is 47.5. The monoisotopic (exact) mass is 1070 g/mol. The molecule has 2 aromatic rings. The number of aliphatic hydroxyl groups excluding tert-OH is 2. The minimum absolute atomic E-state index is 0.0332. The number of aromatic nitrogens is 1. The Balaban J connectivity index is 0.836. The molecule has 2 heterocycles. The van der Waals surface area contributed by atoms with Gasteiger partial charge in [-0.2, -0.15) is 0 Å². The number of amides is 3. The number of ketones is 1. The average molecular weight is 1070 g/mol. The molecular formula is C60H94BN5O11. The number of ether oxygens (including phenoxy) is 4. The molecule has 3 saturated carbocycles. The number of esters is 1. The predicted molar refractivity (Wildman–Crippen MR) is 299 cm³/mol. The van der Waals surface area contributed by atoms with E-state index >= 15 is 0 Å². The Bertz CT molecular complexity index is 2330. The zero-order chi connectivity index (χ0) is 55.4. The third kappa shape index (κ3) is 15.2. The van der Waals surface area contributed by atoms with Crippen molar-refractivity contribution in [1.82, 2.24) is 20.5 Å². The van der Waals surface area contributed by atoms with Gasteiger partial charge in [0, 0.05) is 75.6 Å². The summed E-state index contributed by atoms with van der Waals surface area (Å²) in [6.07, 6.45) is 15.1. The normalized spacial score (nSPS) is 30.6. The number of carbonyl (C=O) groups is 5. The Hall–Kier alpha value is -4.13. The smallest absolute Gasteiger partial charge is 0.306 e. The van der Waals surface area contributed by atoms with Crippen molar-refractivity contribution in [1.29, 1.82) is 0 Å². The third-order valence-corrected chi connectivity index (χ3v) is 19.3. The van der Waals surface area contributed by atoms with Crippen molar-refractivity contribution in [2.24, 2.45) is 58.0 Å². The molecule has 17 heteroatoms. The summed E-state index contributed by atoms with van der Waals surface area (Å²) in [5.41, 5.74) is 10.2. The highest BCUT2D eigenvalue weighted by Crippen LogP contribution is 2.67. The van der Waals surface area contributed by atoms with Crippen LogP contribution in [0.25, 0.3) is 10.9 Å². The molecule has 1 aliphatic heterocycles. The van der Waals surface area contributed by atoms with Gasteiger partial charge >= 0.3 is 5.97 Å².